The number of benzene rings is 1. The lowest BCUT2D eigenvalue weighted by Gasteiger charge is -2.10. The molecule has 1 N–H and O–H groups in total. The summed E-state index contributed by atoms with van der Waals surface area (Å²) in [5, 5.41) is 12.2. The summed E-state index contributed by atoms with van der Waals surface area (Å²) < 4.78 is 9.20. The number of para-hydroxylation sites is 1. The highest BCUT2D eigenvalue weighted by atomic mass is 16.5. The summed E-state index contributed by atoms with van der Waals surface area (Å²) in [6, 6.07) is 12.9. The highest BCUT2D eigenvalue weighted by molar-refractivity contribution is 5.55. The first-order chi connectivity index (χ1) is 12.6. The molecule has 7 nitrogen and oxygen atoms in total. The van der Waals surface area contributed by atoms with Gasteiger partial charge in [-0.05, 0) is 26.0 Å². The molecule has 0 spiro atoms. The Hall–Kier alpha value is -3.53. The van der Waals surface area contributed by atoms with Crippen LogP contribution in [0, 0.1) is 18.3 Å². The molecule has 0 saturated heterocycles. The van der Waals surface area contributed by atoms with E-state index in [2.05, 4.69) is 10.3 Å². The number of hydrogen-bond donors (Lipinski definition) is 1. The number of anilines is 1. The lowest BCUT2D eigenvalue weighted by atomic mass is 10.3. The zero-order chi connectivity index (χ0) is 18.7. The third kappa shape index (κ3) is 3.05. The molecule has 0 bridgehead atoms. The smallest absolute Gasteiger partial charge is 0.314 e. The molecule has 7 heteroatoms. The van der Waals surface area contributed by atoms with Gasteiger partial charge in [-0.2, -0.15) is 5.26 Å². The van der Waals surface area contributed by atoms with Crippen LogP contribution in [-0.2, 0) is 7.05 Å². The van der Waals surface area contributed by atoms with Crippen LogP contribution < -0.4 is 15.6 Å². The highest BCUT2D eigenvalue weighted by Crippen LogP contribution is 2.29. The van der Waals surface area contributed by atoms with Gasteiger partial charge in [0.2, 0.25) is 5.75 Å². The molecule has 3 aromatic rings. The number of nitrogens with zero attached hydrogens (tertiary/aromatic N) is 4. The molecule has 132 valence electrons. The third-order valence-electron chi connectivity index (χ3n) is 4.04. The first-order valence-electron chi connectivity index (χ1n) is 8.22. The standard InChI is InChI=1S/C19H19N5O2/c1-4-21-18-16(10-14(11-20)12-22-18)26-17-13(2)23(3)24(19(17)25)15-8-6-5-7-9-15/h5-10,12H,4H2,1-3H3,(H,21,22). The molecular formula is C19H19N5O2. The number of aromatic nitrogens is 3. The van der Waals surface area contributed by atoms with Crippen LogP contribution in [0.25, 0.3) is 5.69 Å². The maximum absolute atomic E-state index is 13.0. The quantitative estimate of drug-likeness (QED) is 0.765. The first-order valence-corrected chi connectivity index (χ1v) is 8.22. The molecule has 2 heterocycles. The molecule has 26 heavy (non-hydrogen) atoms. The molecule has 0 fully saturated rings. The lowest BCUT2D eigenvalue weighted by molar-refractivity contribution is 0.473. The van der Waals surface area contributed by atoms with Crippen LogP contribution >= 0.6 is 0 Å². The van der Waals surface area contributed by atoms with Crippen molar-refractivity contribution in [1.29, 1.82) is 5.26 Å². The monoisotopic (exact) mass is 349 g/mol. The van der Waals surface area contributed by atoms with Gasteiger partial charge < -0.3 is 10.1 Å². The predicted molar refractivity (Wildman–Crippen MR) is 98.9 cm³/mol. The van der Waals surface area contributed by atoms with E-state index in [4.69, 9.17) is 10.00 Å². The summed E-state index contributed by atoms with van der Waals surface area (Å²) in [5.41, 5.74) is 1.50. The van der Waals surface area contributed by atoms with E-state index in [1.807, 2.05) is 50.2 Å². The van der Waals surface area contributed by atoms with E-state index in [1.54, 1.807) is 22.5 Å². The Labute approximate surface area is 151 Å². The fraction of sp³-hybridized carbons (Fsp3) is 0.211. The first kappa shape index (κ1) is 17.3. The lowest BCUT2D eigenvalue weighted by Crippen LogP contribution is -2.19. The summed E-state index contributed by atoms with van der Waals surface area (Å²) in [6.07, 6.45) is 1.46. The Morgan fingerprint density at radius 3 is 2.69 bits per heavy atom. The van der Waals surface area contributed by atoms with Crippen LogP contribution in [0.2, 0.25) is 0 Å². The average Bonchev–Trinajstić information content (AvgIpc) is 2.87. The second-order valence-electron chi connectivity index (χ2n) is 5.71. The maximum Gasteiger partial charge on any atom is 0.314 e. The summed E-state index contributed by atoms with van der Waals surface area (Å²) in [7, 11) is 1.80. The number of nitrogens with one attached hydrogen (secondary N) is 1. The maximum atomic E-state index is 13.0. The van der Waals surface area contributed by atoms with Crippen LogP contribution in [-0.4, -0.2) is 20.9 Å². The summed E-state index contributed by atoms with van der Waals surface area (Å²) in [5.74, 6) is 1.03. The van der Waals surface area contributed by atoms with Crippen LogP contribution in [0.3, 0.4) is 0 Å². The van der Waals surface area contributed by atoms with Crippen molar-refractivity contribution in [2.75, 3.05) is 11.9 Å². The Morgan fingerprint density at radius 1 is 1.31 bits per heavy atom. The number of rotatable bonds is 5. The van der Waals surface area contributed by atoms with Gasteiger partial charge in [0.05, 0.1) is 16.9 Å². The van der Waals surface area contributed by atoms with E-state index in [1.165, 1.54) is 6.20 Å². The van der Waals surface area contributed by atoms with Crippen molar-refractivity contribution in [3.05, 3.63) is 64.2 Å². The van der Waals surface area contributed by atoms with Crippen molar-refractivity contribution >= 4 is 5.82 Å². The van der Waals surface area contributed by atoms with Gasteiger partial charge in [-0.3, -0.25) is 9.48 Å². The van der Waals surface area contributed by atoms with Gasteiger partial charge >= 0.3 is 5.56 Å². The van der Waals surface area contributed by atoms with Crippen LogP contribution in [0.15, 0.2) is 47.4 Å². The molecule has 0 aliphatic heterocycles. The number of pyridine rings is 1. The molecule has 0 atom stereocenters. The van der Waals surface area contributed by atoms with E-state index < -0.39 is 0 Å². The second kappa shape index (κ2) is 7.15. The zero-order valence-electron chi connectivity index (χ0n) is 14.9. The highest BCUT2D eigenvalue weighted by Gasteiger charge is 2.20. The summed E-state index contributed by atoms with van der Waals surface area (Å²) in [6.45, 7) is 4.38. The SMILES string of the molecule is CCNc1ncc(C#N)cc1Oc1c(C)n(C)n(-c2ccccc2)c1=O. The molecule has 0 aliphatic carbocycles. The molecule has 0 unspecified atom stereocenters. The Bertz CT molecular complexity index is 1030. The van der Waals surface area contributed by atoms with Gasteiger partial charge in [-0.25, -0.2) is 9.67 Å². The van der Waals surface area contributed by atoms with Crippen molar-refractivity contribution in [1.82, 2.24) is 14.3 Å². The van der Waals surface area contributed by atoms with E-state index in [9.17, 15) is 4.79 Å². The van der Waals surface area contributed by atoms with E-state index in [-0.39, 0.29) is 11.3 Å². The van der Waals surface area contributed by atoms with Gasteiger partial charge in [0.25, 0.3) is 0 Å². The molecule has 2 aromatic heterocycles. The van der Waals surface area contributed by atoms with Crippen molar-refractivity contribution in [3.8, 4) is 23.3 Å². The van der Waals surface area contributed by atoms with E-state index >= 15 is 0 Å². The Balaban J connectivity index is 2.10. The van der Waals surface area contributed by atoms with Gasteiger partial charge in [-0.1, -0.05) is 18.2 Å². The largest absolute Gasteiger partial charge is 0.446 e. The molecule has 0 saturated carbocycles. The van der Waals surface area contributed by atoms with Crippen LogP contribution in [0.5, 0.6) is 11.5 Å². The van der Waals surface area contributed by atoms with Crippen molar-refractivity contribution < 1.29 is 4.74 Å². The zero-order valence-corrected chi connectivity index (χ0v) is 14.9. The van der Waals surface area contributed by atoms with E-state index in [0.717, 1.165) is 5.69 Å². The minimum Gasteiger partial charge on any atom is -0.446 e. The van der Waals surface area contributed by atoms with Crippen LogP contribution in [0.1, 0.15) is 18.2 Å². The summed E-state index contributed by atoms with van der Waals surface area (Å²) in [4.78, 5) is 17.2. The number of ether oxygens (including phenoxy) is 1. The van der Waals surface area contributed by atoms with Crippen molar-refractivity contribution in [2.45, 2.75) is 13.8 Å². The molecular weight excluding hydrogens is 330 g/mol. The molecule has 0 aliphatic rings. The third-order valence-corrected chi connectivity index (χ3v) is 4.04. The van der Waals surface area contributed by atoms with Gasteiger partial charge in [0.1, 0.15) is 6.07 Å². The molecule has 1 aromatic carbocycles. The molecule has 0 amide bonds. The van der Waals surface area contributed by atoms with Crippen molar-refractivity contribution in [3.63, 3.8) is 0 Å². The molecule has 0 radical (unpaired) electrons. The Kier molecular flexibility index (Phi) is 4.76. The number of nitriles is 1. The fourth-order valence-corrected chi connectivity index (χ4v) is 2.65. The molecule has 3 rings (SSSR count). The van der Waals surface area contributed by atoms with Gasteiger partial charge in [0, 0.05) is 25.9 Å². The summed E-state index contributed by atoms with van der Waals surface area (Å²) >= 11 is 0. The Morgan fingerprint density at radius 2 is 2.04 bits per heavy atom. The van der Waals surface area contributed by atoms with E-state index in [0.29, 0.717) is 29.4 Å². The predicted octanol–water partition coefficient (Wildman–Crippen LogP) is 2.98. The number of hydrogen-bond acceptors (Lipinski definition) is 5. The average molecular weight is 349 g/mol. The topological polar surface area (TPSA) is 84.9 Å². The minimum atomic E-state index is -0.277. The van der Waals surface area contributed by atoms with Crippen LogP contribution in [0.4, 0.5) is 5.82 Å². The van der Waals surface area contributed by atoms with Gasteiger partial charge in [-0.15, -0.1) is 0 Å². The van der Waals surface area contributed by atoms with Crippen molar-refractivity contribution in [2.24, 2.45) is 7.05 Å². The minimum absolute atomic E-state index is 0.201. The second-order valence-corrected chi connectivity index (χ2v) is 5.71. The fourth-order valence-electron chi connectivity index (χ4n) is 2.65. The van der Waals surface area contributed by atoms with Gasteiger partial charge in [0.15, 0.2) is 11.6 Å². The normalized spacial score (nSPS) is 10.4.